The lowest BCUT2D eigenvalue weighted by molar-refractivity contribution is -0.138. The summed E-state index contributed by atoms with van der Waals surface area (Å²) in [7, 11) is 0. The summed E-state index contributed by atoms with van der Waals surface area (Å²) >= 11 is 0. The number of rotatable bonds is 3. The van der Waals surface area contributed by atoms with Crippen molar-refractivity contribution in [2.75, 3.05) is 0 Å². The minimum atomic E-state index is -5.07. The largest absolute Gasteiger partial charge is 0.454 e. The van der Waals surface area contributed by atoms with E-state index in [1.54, 1.807) is 41.0 Å². The van der Waals surface area contributed by atoms with Crippen molar-refractivity contribution in [2.45, 2.75) is 12.4 Å². The smallest absolute Gasteiger partial charge is 0.420 e. The van der Waals surface area contributed by atoms with E-state index >= 15 is 13.2 Å². The van der Waals surface area contributed by atoms with Crippen molar-refractivity contribution >= 4 is 87.5 Å². The Bertz CT molecular complexity index is 3770. The first kappa shape index (κ1) is 34.6. The molecule has 0 atom stereocenters. The van der Waals surface area contributed by atoms with Crippen LogP contribution in [0.25, 0.3) is 110 Å². The highest BCUT2D eigenvalue weighted by molar-refractivity contribution is 6.23. The van der Waals surface area contributed by atoms with Crippen molar-refractivity contribution in [3.8, 4) is 22.5 Å². The number of hydrogen-bond acceptors (Lipinski definition) is 2. The normalized spacial score (nSPS) is 12.8. The first-order chi connectivity index (χ1) is 29.1. The van der Waals surface area contributed by atoms with E-state index in [4.69, 9.17) is 8.83 Å². The second kappa shape index (κ2) is 12.0. The lowest BCUT2D eigenvalue weighted by Gasteiger charge is -2.24. The Kier molecular flexibility index (Phi) is 6.94. The first-order valence-electron chi connectivity index (χ1n) is 19.2. The predicted octanol–water partition coefficient (Wildman–Crippen LogP) is 15.4. The third-order valence-electron chi connectivity index (χ3n) is 11.8. The summed E-state index contributed by atoms with van der Waals surface area (Å²) < 4.78 is 110. The molecule has 0 aliphatic heterocycles. The lowest BCUT2D eigenvalue weighted by Crippen LogP contribution is -2.17. The summed E-state index contributed by atoms with van der Waals surface area (Å²) in [6.45, 7) is 0. The van der Waals surface area contributed by atoms with E-state index in [1.165, 1.54) is 28.8 Å². The number of fused-ring (bicyclic) bond motifs is 14. The van der Waals surface area contributed by atoms with Crippen molar-refractivity contribution < 1.29 is 35.2 Å². The Morgan fingerprint density at radius 1 is 0.400 bits per heavy atom. The number of alkyl halides is 6. The minimum absolute atomic E-state index is 0.0403. The molecule has 4 nitrogen and oxygen atoms in total. The SMILES string of the molecule is FC(F)(F)c1cccc(-c2ccc(-n3c4ccccc4c4ccc5c6ccccc6oc5c43)c(C(F)(F)F)c2-n2c3ccccc3c3ccc4c5ccccc5oc4c32)c1. The van der Waals surface area contributed by atoms with Crippen LogP contribution >= 0.6 is 0 Å². The molecule has 0 unspecified atom stereocenters. The van der Waals surface area contributed by atoms with Crippen LogP contribution in [0.4, 0.5) is 26.3 Å². The molecule has 8 aromatic carbocycles. The minimum Gasteiger partial charge on any atom is -0.454 e. The van der Waals surface area contributed by atoms with Gasteiger partial charge in [-0.2, -0.15) is 26.3 Å². The maximum absolute atomic E-state index is 16.8. The van der Waals surface area contributed by atoms with Crippen molar-refractivity contribution in [3.63, 3.8) is 0 Å². The maximum atomic E-state index is 16.8. The van der Waals surface area contributed by atoms with Crippen LogP contribution in [-0.4, -0.2) is 9.13 Å². The van der Waals surface area contributed by atoms with Gasteiger partial charge < -0.3 is 18.0 Å². The van der Waals surface area contributed by atoms with Crippen molar-refractivity contribution in [1.29, 1.82) is 0 Å². The average Bonchev–Trinajstić information content (AvgIpc) is 4.00. The molecule has 4 aromatic heterocycles. The molecule has 0 bridgehead atoms. The second-order valence-electron chi connectivity index (χ2n) is 15.0. The van der Waals surface area contributed by atoms with Gasteiger partial charge in [-0.25, -0.2) is 0 Å². The average molecular weight is 801 g/mol. The second-order valence-corrected chi connectivity index (χ2v) is 15.0. The van der Waals surface area contributed by atoms with Gasteiger partial charge in [0.05, 0.1) is 39.0 Å². The number of aromatic nitrogens is 2. The van der Waals surface area contributed by atoms with Gasteiger partial charge in [0.1, 0.15) is 16.7 Å². The fourth-order valence-corrected chi connectivity index (χ4v) is 9.32. The topological polar surface area (TPSA) is 36.1 Å². The summed E-state index contributed by atoms with van der Waals surface area (Å²) in [5, 5.41) is 5.63. The molecule has 290 valence electrons. The molecule has 0 radical (unpaired) electrons. The van der Waals surface area contributed by atoms with Crippen LogP contribution in [0, 0.1) is 0 Å². The van der Waals surface area contributed by atoms with E-state index in [9.17, 15) is 13.2 Å². The highest BCUT2D eigenvalue weighted by Crippen LogP contribution is 2.50. The number of hydrogen-bond donors (Lipinski definition) is 0. The fourth-order valence-electron chi connectivity index (χ4n) is 9.32. The Hall–Kier alpha value is -7.46. The summed E-state index contributed by atoms with van der Waals surface area (Å²) in [5.74, 6) is 0. The highest BCUT2D eigenvalue weighted by Gasteiger charge is 2.41. The molecule has 0 aliphatic carbocycles. The Labute approximate surface area is 334 Å². The molecular formula is C50H26F6N2O2. The molecule has 12 aromatic rings. The lowest BCUT2D eigenvalue weighted by atomic mass is 9.95. The summed E-state index contributed by atoms with van der Waals surface area (Å²) in [6.07, 6.45) is -9.82. The van der Waals surface area contributed by atoms with Gasteiger partial charge in [0, 0.05) is 48.7 Å². The maximum Gasteiger partial charge on any atom is 0.420 e. The van der Waals surface area contributed by atoms with Crippen LogP contribution in [0.3, 0.4) is 0 Å². The Morgan fingerprint density at radius 3 is 1.47 bits per heavy atom. The quantitative estimate of drug-likeness (QED) is 0.167. The number of benzene rings is 8. The van der Waals surface area contributed by atoms with Gasteiger partial charge in [0.15, 0.2) is 11.2 Å². The van der Waals surface area contributed by atoms with E-state index in [0.717, 1.165) is 28.3 Å². The molecule has 60 heavy (non-hydrogen) atoms. The van der Waals surface area contributed by atoms with E-state index in [0.29, 0.717) is 71.3 Å². The molecule has 12 rings (SSSR count). The molecule has 0 aliphatic rings. The molecule has 0 amide bonds. The van der Waals surface area contributed by atoms with Crippen LogP contribution in [-0.2, 0) is 12.4 Å². The van der Waals surface area contributed by atoms with Crippen molar-refractivity contribution in [2.24, 2.45) is 0 Å². The zero-order valence-electron chi connectivity index (χ0n) is 31.0. The van der Waals surface area contributed by atoms with Crippen LogP contribution in [0.15, 0.2) is 167 Å². The number of para-hydroxylation sites is 4. The van der Waals surface area contributed by atoms with Crippen molar-refractivity contribution in [1.82, 2.24) is 9.13 Å². The number of halogens is 6. The summed E-state index contributed by atoms with van der Waals surface area (Å²) in [5.41, 5.74) is 0.848. The summed E-state index contributed by atoms with van der Waals surface area (Å²) in [6, 6.07) is 44.0. The molecule has 0 saturated heterocycles. The van der Waals surface area contributed by atoms with Gasteiger partial charge in [-0.15, -0.1) is 0 Å². The molecule has 0 fully saturated rings. The van der Waals surface area contributed by atoms with Crippen molar-refractivity contribution in [3.05, 3.63) is 169 Å². The third-order valence-corrected chi connectivity index (χ3v) is 11.8. The molecule has 4 heterocycles. The third kappa shape index (κ3) is 4.75. The molecule has 0 spiro atoms. The van der Waals surface area contributed by atoms with E-state index in [2.05, 4.69) is 0 Å². The van der Waals surface area contributed by atoms with Crippen LogP contribution in [0.1, 0.15) is 11.1 Å². The van der Waals surface area contributed by atoms with E-state index in [1.807, 2.05) is 84.9 Å². The van der Waals surface area contributed by atoms with Crippen LogP contribution in [0.2, 0.25) is 0 Å². The van der Waals surface area contributed by atoms with Gasteiger partial charge in [-0.05, 0) is 60.2 Å². The fraction of sp³-hybridized carbons (Fsp3) is 0.0400. The Morgan fingerprint density at radius 2 is 0.900 bits per heavy atom. The highest BCUT2D eigenvalue weighted by atomic mass is 19.4. The Balaban J connectivity index is 1.32. The van der Waals surface area contributed by atoms with Gasteiger partial charge in [-0.1, -0.05) is 103 Å². The number of nitrogens with zero attached hydrogens (tertiary/aromatic N) is 2. The van der Waals surface area contributed by atoms with Crippen LogP contribution in [0.5, 0.6) is 0 Å². The number of furan rings is 2. The monoisotopic (exact) mass is 800 g/mol. The molecular weight excluding hydrogens is 775 g/mol. The van der Waals surface area contributed by atoms with E-state index < -0.39 is 23.5 Å². The standard InChI is InChI=1S/C50H26F6N2O2/c51-49(52,53)28-11-9-10-27(26-28)29-24-25-40(57-38-16-5-1-12-30(38)34-20-22-36-32-14-3-7-18-41(32)59-47(36)45(34)57)43(50(54,55)56)44(29)58-39-17-6-2-13-31(39)35-21-23-37-33-15-4-8-19-42(33)60-48(37)46(35)58/h1-26H. The molecule has 0 N–H and O–H groups in total. The van der Waals surface area contributed by atoms with Gasteiger partial charge >= 0.3 is 12.4 Å². The van der Waals surface area contributed by atoms with Gasteiger partial charge in [-0.3, -0.25) is 0 Å². The van der Waals surface area contributed by atoms with Crippen LogP contribution < -0.4 is 0 Å². The summed E-state index contributed by atoms with van der Waals surface area (Å²) in [4.78, 5) is 0. The van der Waals surface area contributed by atoms with Gasteiger partial charge in [0.2, 0.25) is 0 Å². The molecule has 10 heteroatoms. The molecule has 0 saturated carbocycles. The van der Waals surface area contributed by atoms with Gasteiger partial charge in [0.25, 0.3) is 0 Å². The van der Waals surface area contributed by atoms with E-state index in [-0.39, 0.29) is 22.5 Å². The first-order valence-corrected chi connectivity index (χ1v) is 19.2. The zero-order valence-corrected chi connectivity index (χ0v) is 31.0. The predicted molar refractivity (Wildman–Crippen MR) is 225 cm³/mol. The zero-order chi connectivity index (χ0) is 40.7.